The maximum atomic E-state index is 13.8. The van der Waals surface area contributed by atoms with Crippen LogP contribution in [0.25, 0.3) is 67.2 Å². The molecule has 21 heteroatoms. The molecular formula is C63H76N10O10S. The molecule has 2 aromatic carbocycles. The van der Waals surface area contributed by atoms with E-state index in [9.17, 15) is 32.7 Å². The lowest BCUT2D eigenvalue weighted by molar-refractivity contribution is -0.158. The van der Waals surface area contributed by atoms with Crippen molar-refractivity contribution < 1.29 is 46.4 Å². The molecule has 2 aliphatic carbocycles. The van der Waals surface area contributed by atoms with Crippen molar-refractivity contribution in [2.75, 3.05) is 32.4 Å². The van der Waals surface area contributed by atoms with Crippen LogP contribution < -0.4 is 0 Å². The molecule has 2 aliphatic heterocycles. The Morgan fingerprint density at radius 3 is 1.49 bits per heavy atom. The molecule has 6 aromatic heterocycles. The van der Waals surface area contributed by atoms with E-state index in [4.69, 9.17) is 23.6 Å². The number of carbonyl (C=O) groups excluding carboxylic acids is 4. The lowest BCUT2D eigenvalue weighted by atomic mass is 9.91. The first-order valence-corrected chi connectivity index (χ1v) is 31.1. The number of aryl methyl sites for hydroxylation is 2. The number of benzene rings is 2. The minimum Gasteiger partial charge on any atom is -0.460 e. The monoisotopic (exact) mass is 1160 g/mol. The summed E-state index contributed by atoms with van der Waals surface area (Å²) in [6, 6.07) is 23.5. The van der Waals surface area contributed by atoms with Gasteiger partial charge in [0.25, 0.3) is 21.9 Å². The summed E-state index contributed by atoms with van der Waals surface area (Å²) in [6.45, 7) is 13.8. The van der Waals surface area contributed by atoms with Crippen LogP contribution in [0.1, 0.15) is 114 Å². The number of aliphatic hydroxyl groups excluding tert-OH is 1. The number of hydrogen-bond acceptors (Lipinski definition) is 14. The topological polar surface area (TPSA) is 228 Å². The number of aliphatic hydroxyl groups is 1. The van der Waals surface area contributed by atoms with Crippen molar-refractivity contribution in [1.29, 1.82) is 0 Å². The molecule has 0 unspecified atom stereocenters. The molecule has 4 aliphatic rings. The van der Waals surface area contributed by atoms with Crippen molar-refractivity contribution in [2.45, 2.75) is 129 Å². The van der Waals surface area contributed by atoms with Crippen molar-refractivity contribution in [3.63, 3.8) is 0 Å². The number of aromatic nitrogens is 8. The molecule has 12 rings (SSSR count). The van der Waals surface area contributed by atoms with Crippen molar-refractivity contribution in [3.8, 4) is 23.0 Å². The van der Waals surface area contributed by atoms with E-state index in [1.807, 2.05) is 88.2 Å². The van der Waals surface area contributed by atoms with Gasteiger partial charge in [0, 0.05) is 99.5 Å². The fourth-order valence-corrected chi connectivity index (χ4v) is 12.6. The van der Waals surface area contributed by atoms with Gasteiger partial charge in [0.2, 0.25) is 0 Å². The molecule has 1 N–H and O–H groups in total. The van der Waals surface area contributed by atoms with E-state index in [2.05, 4.69) is 47.9 Å². The summed E-state index contributed by atoms with van der Waals surface area (Å²) in [5.74, 6) is 0.924. The molecule has 84 heavy (non-hydrogen) atoms. The van der Waals surface area contributed by atoms with Gasteiger partial charge in [-0.3, -0.25) is 23.4 Å². The van der Waals surface area contributed by atoms with E-state index in [-0.39, 0.29) is 49.5 Å². The highest BCUT2D eigenvalue weighted by Gasteiger charge is 2.38. The summed E-state index contributed by atoms with van der Waals surface area (Å²) in [5, 5.41) is 12.7. The van der Waals surface area contributed by atoms with Gasteiger partial charge in [-0.15, -0.1) is 0 Å². The summed E-state index contributed by atoms with van der Waals surface area (Å²) in [5.41, 5.74) is 6.98. The lowest BCUT2D eigenvalue weighted by Gasteiger charge is -2.37. The molecule has 0 radical (unpaired) electrons. The summed E-state index contributed by atoms with van der Waals surface area (Å²) in [6.07, 6.45) is 8.92. The third-order valence-corrected chi connectivity index (χ3v) is 16.8. The number of rotatable bonds is 14. The molecule has 0 bridgehead atoms. The Morgan fingerprint density at radius 2 is 1.05 bits per heavy atom. The highest BCUT2D eigenvalue weighted by Crippen LogP contribution is 2.38. The van der Waals surface area contributed by atoms with Gasteiger partial charge in [-0.05, 0) is 165 Å². The van der Waals surface area contributed by atoms with E-state index in [0.29, 0.717) is 54.5 Å². The Labute approximate surface area is 489 Å². The average molecular weight is 1170 g/mol. The van der Waals surface area contributed by atoms with Crippen LogP contribution in [-0.2, 0) is 60.5 Å². The molecule has 4 fully saturated rings. The molecule has 2 saturated heterocycles. The van der Waals surface area contributed by atoms with Gasteiger partial charge in [-0.1, -0.05) is 0 Å². The maximum Gasteiger partial charge on any atom is 0.306 e. The van der Waals surface area contributed by atoms with Crippen LogP contribution in [0.2, 0.25) is 0 Å². The number of ether oxygens (including phenoxy) is 2. The van der Waals surface area contributed by atoms with Gasteiger partial charge in [0.1, 0.15) is 22.5 Å². The Morgan fingerprint density at radius 1 is 0.607 bits per heavy atom. The fourth-order valence-electron chi connectivity index (χ4n) is 11.9. The quantitative estimate of drug-likeness (QED) is 0.0791. The number of likely N-dealkylation sites (tertiary alicyclic amines) is 2. The molecule has 4 atom stereocenters. The van der Waals surface area contributed by atoms with Gasteiger partial charge >= 0.3 is 11.9 Å². The van der Waals surface area contributed by atoms with E-state index in [1.165, 1.54) is 25.7 Å². The van der Waals surface area contributed by atoms with E-state index in [1.54, 1.807) is 42.7 Å². The van der Waals surface area contributed by atoms with Crippen LogP contribution in [0.3, 0.4) is 0 Å². The van der Waals surface area contributed by atoms with Crippen LogP contribution in [0.5, 0.6) is 0 Å². The number of esters is 2. The third kappa shape index (κ3) is 13.1. The second-order valence-corrected chi connectivity index (χ2v) is 27.1. The van der Waals surface area contributed by atoms with Crippen LogP contribution in [0.15, 0.2) is 85.2 Å². The zero-order valence-electron chi connectivity index (χ0n) is 49.4. The molecule has 2 amide bonds. The highest BCUT2D eigenvalue weighted by atomic mass is 32.2. The molecular weight excluding hydrogens is 1090 g/mol. The van der Waals surface area contributed by atoms with Crippen LogP contribution >= 0.6 is 0 Å². The summed E-state index contributed by atoms with van der Waals surface area (Å²) < 4.78 is 48.8. The van der Waals surface area contributed by atoms with E-state index >= 15 is 0 Å². The van der Waals surface area contributed by atoms with Crippen molar-refractivity contribution in [1.82, 2.24) is 48.0 Å². The van der Waals surface area contributed by atoms with E-state index in [0.717, 1.165) is 81.0 Å². The normalized spacial score (nSPS) is 19.7. The standard InChI is InChI=1S/C32H39N5O6S.C31H37N5O4/c1-32(2,3)42-28(38)17-23-19-36(14-12-27(23)43-44(5,40)41)31(39)22-10-11-25-24(15-22)34-30(35(25)4)26-16-21-7-6-13-33-29(21)37(26)18-20-8-9-20;1-31(2,3)40-27(38)16-22-18-35(13-11-26(22)37)30(39)21-9-10-24-23(14-21)33-29(34(24)4)25-15-20-6-5-12-32-28(20)36(25)17-19-7-8-19/h6-7,10-11,13,15-16,20,23,27H,8-9,12,14,17-19H2,1-5H3;5-6,9-10,12,14-15,19,22,26,37H,7-8,11,13,16-18H2,1-4H3/t23-,27-;22-,26-/m00/s1. The third-order valence-electron chi connectivity index (χ3n) is 16.2. The predicted molar refractivity (Wildman–Crippen MR) is 319 cm³/mol. The highest BCUT2D eigenvalue weighted by molar-refractivity contribution is 7.86. The van der Waals surface area contributed by atoms with Crippen LogP contribution in [0.4, 0.5) is 0 Å². The fraction of sp³-hybridized carbons (Fsp3) is 0.492. The minimum absolute atomic E-state index is 0.0619. The number of nitrogens with zero attached hydrogens (tertiary/aromatic N) is 10. The number of fused-ring (bicyclic) bond motifs is 4. The Bertz CT molecular complexity index is 3950. The first-order chi connectivity index (χ1) is 39.8. The Kier molecular flexibility index (Phi) is 15.8. The minimum atomic E-state index is -3.75. The number of hydrogen-bond donors (Lipinski definition) is 1. The zero-order chi connectivity index (χ0) is 59.6. The number of pyridine rings is 2. The first-order valence-electron chi connectivity index (χ1n) is 29.2. The van der Waals surface area contributed by atoms with Gasteiger partial charge in [-0.2, -0.15) is 8.42 Å². The number of piperidine rings is 2. The molecule has 8 heterocycles. The summed E-state index contributed by atoms with van der Waals surface area (Å²) >= 11 is 0. The maximum absolute atomic E-state index is 13.8. The first kappa shape index (κ1) is 58.3. The molecule has 20 nitrogen and oxygen atoms in total. The molecule has 444 valence electrons. The van der Waals surface area contributed by atoms with Crippen LogP contribution in [-0.4, -0.2) is 141 Å². The smallest absolute Gasteiger partial charge is 0.306 e. The van der Waals surface area contributed by atoms with Gasteiger partial charge in [0.15, 0.2) is 11.6 Å². The van der Waals surface area contributed by atoms with Gasteiger partial charge in [-0.25, -0.2) is 19.9 Å². The summed E-state index contributed by atoms with van der Waals surface area (Å²) in [4.78, 5) is 75.1. The lowest BCUT2D eigenvalue weighted by Crippen LogP contribution is -2.48. The Balaban J connectivity index is 0.000000176. The number of amides is 2. The second-order valence-electron chi connectivity index (χ2n) is 25.5. The summed E-state index contributed by atoms with van der Waals surface area (Å²) in [7, 11) is 0.231. The van der Waals surface area contributed by atoms with Crippen LogP contribution in [0, 0.1) is 23.7 Å². The van der Waals surface area contributed by atoms with Crippen molar-refractivity contribution in [3.05, 3.63) is 96.3 Å². The average Bonchev–Trinajstić information content (AvgIpc) is 4.42. The van der Waals surface area contributed by atoms with Gasteiger partial charge in [0.05, 0.1) is 64.8 Å². The van der Waals surface area contributed by atoms with Gasteiger partial charge < -0.3 is 42.6 Å². The number of carbonyl (C=O) groups is 4. The number of imidazole rings is 2. The molecule has 2 saturated carbocycles. The molecule has 0 spiro atoms. The van der Waals surface area contributed by atoms with Crippen molar-refractivity contribution >= 4 is 78.0 Å². The molecule has 8 aromatic rings. The van der Waals surface area contributed by atoms with Crippen molar-refractivity contribution in [2.24, 2.45) is 37.8 Å². The largest absolute Gasteiger partial charge is 0.460 e. The predicted octanol–water partition coefficient (Wildman–Crippen LogP) is 9.09. The second kappa shape index (κ2) is 22.8. The SMILES string of the molecule is Cn1c(-c2cc3cccnc3n2CC2CC2)nc2cc(C(=O)N3CC[C@H](O)[C@@H](CC(=O)OC(C)(C)C)C3)ccc21.Cn1c(-c2cc3cccnc3n2CC2CC2)nc2cc(C(=O)N3CC[C@H](OS(C)(=O)=O)[C@@H](CC(=O)OC(C)(C)C)C3)ccc21. The Hall–Kier alpha value is -7.49. The van der Waals surface area contributed by atoms with E-state index < -0.39 is 45.4 Å². The zero-order valence-corrected chi connectivity index (χ0v) is 50.3.